The van der Waals surface area contributed by atoms with Gasteiger partial charge in [-0.25, -0.2) is 4.79 Å². The summed E-state index contributed by atoms with van der Waals surface area (Å²) in [5, 5.41) is 3.76. The van der Waals surface area contributed by atoms with Crippen LogP contribution < -0.4 is 5.73 Å². The number of carbonyl (C=O) groups is 2. The molecule has 1 aliphatic rings. The van der Waals surface area contributed by atoms with Gasteiger partial charge in [0.25, 0.3) is 0 Å². The minimum absolute atomic E-state index is 0.0587. The summed E-state index contributed by atoms with van der Waals surface area (Å²) in [5.41, 5.74) is 5.98. The third kappa shape index (κ3) is 2.02. The maximum atomic E-state index is 11.2. The van der Waals surface area contributed by atoms with E-state index in [1.54, 1.807) is 24.9 Å². The third-order valence-electron chi connectivity index (χ3n) is 3.40. The Bertz CT molecular complexity index is 448. The van der Waals surface area contributed by atoms with Gasteiger partial charge in [-0.2, -0.15) is 9.78 Å². The fourth-order valence-corrected chi connectivity index (χ4v) is 2.14. The van der Waals surface area contributed by atoms with Crippen LogP contribution in [0.5, 0.6) is 0 Å². The molecule has 0 spiro atoms. The zero-order valence-electron chi connectivity index (χ0n) is 9.88. The Morgan fingerprint density at radius 1 is 1.59 bits per heavy atom. The van der Waals surface area contributed by atoms with Crippen LogP contribution in [0.1, 0.15) is 31.4 Å². The molecule has 2 amide bonds. The summed E-state index contributed by atoms with van der Waals surface area (Å²) in [6.45, 7) is 1.55. The van der Waals surface area contributed by atoms with Gasteiger partial charge < -0.3 is 10.6 Å². The lowest BCUT2D eigenvalue weighted by atomic mass is 9.77. The van der Waals surface area contributed by atoms with E-state index in [1.807, 2.05) is 0 Å². The zero-order valence-corrected chi connectivity index (χ0v) is 9.88. The second kappa shape index (κ2) is 4.20. The molecule has 1 heterocycles. The summed E-state index contributed by atoms with van der Waals surface area (Å²) in [6, 6.07) is 1.33. The van der Waals surface area contributed by atoms with Crippen molar-refractivity contribution >= 4 is 11.9 Å². The second-order valence-electron chi connectivity index (χ2n) is 4.40. The van der Waals surface area contributed by atoms with E-state index in [0.29, 0.717) is 0 Å². The molecular formula is C11H15N4O2. The molecule has 0 saturated heterocycles. The van der Waals surface area contributed by atoms with Crippen LogP contribution >= 0.6 is 0 Å². The first-order valence-corrected chi connectivity index (χ1v) is 5.50. The molecule has 91 valence electrons. The normalized spacial score (nSPS) is 22.9. The topological polar surface area (TPSA) is 81.2 Å². The van der Waals surface area contributed by atoms with Crippen molar-refractivity contribution in [3.05, 3.63) is 18.0 Å². The highest BCUT2D eigenvalue weighted by molar-refractivity contribution is 5.75. The van der Waals surface area contributed by atoms with Gasteiger partial charge in [-0.15, -0.1) is 0 Å². The molecule has 0 atom stereocenters. The van der Waals surface area contributed by atoms with Crippen molar-refractivity contribution in [3.63, 3.8) is 0 Å². The van der Waals surface area contributed by atoms with Gasteiger partial charge in [-0.1, -0.05) is 0 Å². The molecule has 2 rings (SSSR count). The van der Waals surface area contributed by atoms with Crippen LogP contribution in [0.15, 0.2) is 6.07 Å². The molecule has 1 saturated carbocycles. The van der Waals surface area contributed by atoms with E-state index < -0.39 is 6.03 Å². The van der Waals surface area contributed by atoms with E-state index in [0.717, 1.165) is 18.5 Å². The van der Waals surface area contributed by atoms with E-state index in [4.69, 9.17) is 5.73 Å². The average Bonchev–Trinajstić information content (AvgIpc) is 2.63. The fourth-order valence-electron chi connectivity index (χ4n) is 2.14. The van der Waals surface area contributed by atoms with Gasteiger partial charge in [0.1, 0.15) is 6.20 Å². The summed E-state index contributed by atoms with van der Waals surface area (Å²) in [6.07, 6.45) is 4.30. The van der Waals surface area contributed by atoms with E-state index in [1.165, 1.54) is 4.68 Å². The van der Waals surface area contributed by atoms with Gasteiger partial charge in [-0.05, 0) is 18.9 Å². The van der Waals surface area contributed by atoms with Gasteiger partial charge >= 0.3 is 6.03 Å². The van der Waals surface area contributed by atoms with Gasteiger partial charge in [-0.3, -0.25) is 4.79 Å². The van der Waals surface area contributed by atoms with Crippen molar-refractivity contribution in [2.24, 2.45) is 5.73 Å². The van der Waals surface area contributed by atoms with Crippen molar-refractivity contribution in [2.45, 2.75) is 31.7 Å². The van der Waals surface area contributed by atoms with Crippen molar-refractivity contribution < 1.29 is 9.59 Å². The smallest absolute Gasteiger partial charge is 0.339 e. The van der Waals surface area contributed by atoms with E-state index >= 15 is 0 Å². The zero-order chi connectivity index (χ0) is 12.6. The molecule has 1 radical (unpaired) electrons. The molecule has 0 aliphatic heterocycles. The minimum Gasteiger partial charge on any atom is -0.350 e. The number of aromatic nitrogens is 2. The summed E-state index contributed by atoms with van der Waals surface area (Å²) < 4.78 is 1.18. The number of amides is 2. The van der Waals surface area contributed by atoms with Crippen LogP contribution in [0.3, 0.4) is 0 Å². The molecule has 1 aromatic rings. The molecule has 0 bridgehead atoms. The lowest BCUT2D eigenvalue weighted by Crippen LogP contribution is -2.44. The number of hydrogen-bond acceptors (Lipinski definition) is 3. The SMILES string of the molecule is CC(=O)N(C)C1CC(c2c[c]nn2C(N)=O)C1. The maximum Gasteiger partial charge on any atom is 0.339 e. The number of rotatable bonds is 2. The van der Waals surface area contributed by atoms with Crippen molar-refractivity contribution in [3.8, 4) is 0 Å². The molecule has 0 aromatic carbocycles. The quantitative estimate of drug-likeness (QED) is 0.802. The van der Waals surface area contributed by atoms with E-state index in [9.17, 15) is 9.59 Å². The lowest BCUT2D eigenvalue weighted by Gasteiger charge is -2.40. The van der Waals surface area contributed by atoms with Crippen LogP contribution in [-0.2, 0) is 4.79 Å². The molecule has 6 nitrogen and oxygen atoms in total. The molecular weight excluding hydrogens is 220 g/mol. The minimum atomic E-state index is -0.593. The highest BCUT2D eigenvalue weighted by atomic mass is 16.2. The molecule has 17 heavy (non-hydrogen) atoms. The Labute approximate surface area is 99.4 Å². The molecule has 1 fully saturated rings. The Balaban J connectivity index is 2.02. The maximum absolute atomic E-state index is 11.2. The monoisotopic (exact) mass is 235 g/mol. The van der Waals surface area contributed by atoms with Crippen LogP contribution in [-0.4, -0.2) is 39.7 Å². The third-order valence-corrected chi connectivity index (χ3v) is 3.40. The second-order valence-corrected chi connectivity index (χ2v) is 4.40. The number of primary amides is 1. The highest BCUT2D eigenvalue weighted by Gasteiger charge is 2.36. The van der Waals surface area contributed by atoms with Gasteiger partial charge in [0.15, 0.2) is 0 Å². The number of nitrogens with zero attached hydrogens (tertiary/aromatic N) is 3. The standard InChI is InChI=1S/C11H15N4O2/c1-7(16)14(2)9-5-8(6-9)10-3-4-13-15(10)11(12)17/h3,8-9H,5-6H2,1-2H3,(H2,12,17). The highest BCUT2D eigenvalue weighted by Crippen LogP contribution is 2.39. The first-order valence-electron chi connectivity index (χ1n) is 5.50. The number of hydrogen-bond donors (Lipinski definition) is 1. The van der Waals surface area contributed by atoms with Crippen molar-refractivity contribution in [2.75, 3.05) is 7.05 Å². The summed E-state index contributed by atoms with van der Waals surface area (Å²) in [5.74, 6) is 0.288. The van der Waals surface area contributed by atoms with E-state index in [-0.39, 0.29) is 17.9 Å². The summed E-state index contributed by atoms with van der Waals surface area (Å²) in [7, 11) is 1.79. The Morgan fingerprint density at radius 2 is 2.24 bits per heavy atom. The Morgan fingerprint density at radius 3 is 2.76 bits per heavy atom. The molecule has 1 aromatic heterocycles. The Kier molecular flexibility index (Phi) is 2.87. The van der Waals surface area contributed by atoms with Crippen LogP contribution in [0.2, 0.25) is 0 Å². The van der Waals surface area contributed by atoms with Crippen LogP contribution in [0.25, 0.3) is 0 Å². The molecule has 0 unspecified atom stereocenters. The molecule has 6 heteroatoms. The Hall–Kier alpha value is -1.85. The van der Waals surface area contributed by atoms with Gasteiger partial charge in [0.05, 0.1) is 5.69 Å². The lowest BCUT2D eigenvalue weighted by molar-refractivity contribution is -0.131. The molecule has 1 aliphatic carbocycles. The average molecular weight is 235 g/mol. The van der Waals surface area contributed by atoms with Crippen molar-refractivity contribution in [1.82, 2.24) is 14.7 Å². The largest absolute Gasteiger partial charge is 0.350 e. The van der Waals surface area contributed by atoms with Gasteiger partial charge in [0.2, 0.25) is 5.91 Å². The van der Waals surface area contributed by atoms with Gasteiger partial charge in [0, 0.05) is 25.9 Å². The summed E-state index contributed by atoms with van der Waals surface area (Å²) in [4.78, 5) is 24.0. The molecule has 2 N–H and O–H groups in total. The number of carbonyl (C=O) groups excluding carboxylic acids is 2. The van der Waals surface area contributed by atoms with Crippen LogP contribution in [0, 0.1) is 6.20 Å². The predicted molar refractivity (Wildman–Crippen MR) is 60.3 cm³/mol. The van der Waals surface area contributed by atoms with Crippen LogP contribution in [0.4, 0.5) is 4.79 Å². The first-order chi connectivity index (χ1) is 8.00. The predicted octanol–water partition coefficient (Wildman–Crippen LogP) is 0.334. The van der Waals surface area contributed by atoms with E-state index in [2.05, 4.69) is 11.3 Å². The number of nitrogens with two attached hydrogens (primary N) is 1. The fraction of sp³-hybridized carbons (Fsp3) is 0.545. The summed E-state index contributed by atoms with van der Waals surface area (Å²) >= 11 is 0. The van der Waals surface area contributed by atoms with Crippen molar-refractivity contribution in [1.29, 1.82) is 0 Å². The first kappa shape index (κ1) is 11.6.